The average Bonchev–Trinajstić information content (AvgIpc) is 3.45. The summed E-state index contributed by atoms with van der Waals surface area (Å²) in [5, 5.41) is 8.08. The number of aromatic nitrogens is 3. The van der Waals surface area contributed by atoms with Crippen molar-refractivity contribution in [3.63, 3.8) is 0 Å². The van der Waals surface area contributed by atoms with Crippen molar-refractivity contribution in [2.75, 3.05) is 18.5 Å². The summed E-state index contributed by atoms with van der Waals surface area (Å²) in [5.41, 5.74) is 2.15. The second-order valence-electron chi connectivity index (χ2n) is 7.43. The maximum absolute atomic E-state index is 13.5. The third-order valence-electron chi connectivity index (χ3n) is 4.88. The highest BCUT2D eigenvalue weighted by Crippen LogP contribution is 2.32. The van der Waals surface area contributed by atoms with Crippen LogP contribution in [0.3, 0.4) is 0 Å². The number of furan rings is 1. The van der Waals surface area contributed by atoms with Gasteiger partial charge in [0.2, 0.25) is 0 Å². The second-order valence-corrected chi connectivity index (χ2v) is 7.43. The van der Waals surface area contributed by atoms with E-state index < -0.39 is 0 Å². The van der Waals surface area contributed by atoms with Gasteiger partial charge in [0.15, 0.2) is 11.4 Å². The first kappa shape index (κ1) is 21.4. The summed E-state index contributed by atoms with van der Waals surface area (Å²) in [4.78, 5) is 18.2. The van der Waals surface area contributed by atoms with Crippen LogP contribution in [0, 0.1) is 0 Å². The average molecular weight is 434 g/mol. The third kappa shape index (κ3) is 4.16. The molecule has 0 fully saturated rings. The van der Waals surface area contributed by atoms with E-state index in [1.54, 1.807) is 41.4 Å². The van der Waals surface area contributed by atoms with E-state index in [1.165, 1.54) is 0 Å². The molecule has 0 saturated heterocycles. The van der Waals surface area contributed by atoms with E-state index in [-0.39, 0.29) is 11.9 Å². The Kier molecular flexibility index (Phi) is 6.11. The molecule has 0 aliphatic heterocycles. The van der Waals surface area contributed by atoms with E-state index in [0.717, 1.165) is 0 Å². The van der Waals surface area contributed by atoms with Crippen LogP contribution in [-0.4, -0.2) is 33.9 Å². The Balaban J connectivity index is 1.79. The van der Waals surface area contributed by atoms with Gasteiger partial charge in [-0.05, 0) is 58.0 Å². The van der Waals surface area contributed by atoms with Gasteiger partial charge < -0.3 is 19.2 Å². The van der Waals surface area contributed by atoms with Crippen molar-refractivity contribution in [1.82, 2.24) is 14.8 Å². The number of carbonyl (C=O) groups is 1. The molecule has 166 valence electrons. The predicted octanol–water partition coefficient (Wildman–Crippen LogP) is 5.32. The molecule has 0 saturated carbocycles. The lowest BCUT2D eigenvalue weighted by Gasteiger charge is -2.14. The molecule has 4 rings (SSSR count). The summed E-state index contributed by atoms with van der Waals surface area (Å²) in [6.07, 6.45) is 3.25. The highest BCUT2D eigenvalue weighted by molar-refractivity contribution is 6.13. The number of pyridine rings is 1. The SMILES string of the molecule is CCOc1ccc(OCC)c(NC(=O)c2cc(-c3ccco3)nc3c2cnn3C(C)C)c1. The van der Waals surface area contributed by atoms with Gasteiger partial charge in [0, 0.05) is 12.1 Å². The molecule has 8 nitrogen and oxygen atoms in total. The number of nitrogens with one attached hydrogen (secondary N) is 1. The van der Waals surface area contributed by atoms with Gasteiger partial charge in [0.25, 0.3) is 5.91 Å². The minimum atomic E-state index is -0.303. The monoisotopic (exact) mass is 434 g/mol. The molecule has 3 aromatic heterocycles. The lowest BCUT2D eigenvalue weighted by molar-refractivity contribution is 0.102. The second kappa shape index (κ2) is 9.13. The van der Waals surface area contributed by atoms with Crippen LogP contribution in [0.5, 0.6) is 11.5 Å². The molecule has 0 unspecified atom stereocenters. The number of anilines is 1. The van der Waals surface area contributed by atoms with Crippen LogP contribution in [0.25, 0.3) is 22.5 Å². The number of hydrogen-bond acceptors (Lipinski definition) is 6. The summed E-state index contributed by atoms with van der Waals surface area (Å²) < 4.78 is 18.6. The standard InChI is InChI=1S/C24H26N4O4/c1-5-30-16-9-10-22(31-6-2)19(12-16)27-24(29)17-13-20(21-8-7-11-32-21)26-23-18(17)14-25-28(23)15(3)4/h7-15H,5-6H2,1-4H3,(H,27,29). The molecule has 0 radical (unpaired) electrons. The molecule has 1 aromatic carbocycles. The summed E-state index contributed by atoms with van der Waals surface area (Å²) in [6, 6.07) is 10.8. The fourth-order valence-corrected chi connectivity index (χ4v) is 3.47. The van der Waals surface area contributed by atoms with Crippen molar-refractivity contribution in [2.24, 2.45) is 0 Å². The molecule has 0 spiro atoms. The first-order chi connectivity index (χ1) is 15.5. The van der Waals surface area contributed by atoms with Crippen molar-refractivity contribution in [3.8, 4) is 23.0 Å². The van der Waals surface area contributed by atoms with Crippen LogP contribution < -0.4 is 14.8 Å². The fourth-order valence-electron chi connectivity index (χ4n) is 3.47. The summed E-state index contributed by atoms with van der Waals surface area (Å²) in [6.45, 7) is 8.82. The Morgan fingerprint density at radius 2 is 1.97 bits per heavy atom. The number of rotatable bonds is 8. The molecule has 8 heteroatoms. The Labute approximate surface area is 186 Å². The topological polar surface area (TPSA) is 91.4 Å². The van der Waals surface area contributed by atoms with Crippen molar-refractivity contribution in [2.45, 2.75) is 33.7 Å². The molecule has 0 aliphatic carbocycles. The minimum absolute atomic E-state index is 0.0789. The zero-order valence-electron chi connectivity index (χ0n) is 18.6. The highest BCUT2D eigenvalue weighted by Gasteiger charge is 2.20. The Bertz CT molecular complexity index is 1230. The van der Waals surface area contributed by atoms with Crippen molar-refractivity contribution < 1.29 is 18.7 Å². The van der Waals surface area contributed by atoms with Crippen LogP contribution in [0.15, 0.2) is 53.3 Å². The number of hydrogen-bond donors (Lipinski definition) is 1. The molecule has 4 aromatic rings. The van der Waals surface area contributed by atoms with E-state index in [1.807, 2.05) is 39.8 Å². The molecule has 32 heavy (non-hydrogen) atoms. The number of nitrogens with zero attached hydrogens (tertiary/aromatic N) is 3. The number of amides is 1. The van der Waals surface area contributed by atoms with Gasteiger partial charge in [0.1, 0.15) is 17.2 Å². The quantitative estimate of drug-likeness (QED) is 0.403. The number of fused-ring (bicyclic) bond motifs is 1. The molecule has 1 N–H and O–H groups in total. The first-order valence-corrected chi connectivity index (χ1v) is 10.6. The molecular weight excluding hydrogens is 408 g/mol. The zero-order chi connectivity index (χ0) is 22.7. The van der Waals surface area contributed by atoms with Gasteiger partial charge in [-0.3, -0.25) is 4.79 Å². The van der Waals surface area contributed by atoms with Crippen molar-refractivity contribution >= 4 is 22.6 Å². The van der Waals surface area contributed by atoms with Gasteiger partial charge >= 0.3 is 0 Å². The van der Waals surface area contributed by atoms with E-state index in [2.05, 4.69) is 10.4 Å². The van der Waals surface area contributed by atoms with Crippen LogP contribution in [0.2, 0.25) is 0 Å². The zero-order valence-corrected chi connectivity index (χ0v) is 18.6. The van der Waals surface area contributed by atoms with Gasteiger partial charge in [0.05, 0.1) is 42.3 Å². The lowest BCUT2D eigenvalue weighted by Crippen LogP contribution is -2.14. The molecule has 0 atom stereocenters. The number of carbonyl (C=O) groups excluding carboxylic acids is 1. The smallest absolute Gasteiger partial charge is 0.256 e. The summed E-state index contributed by atoms with van der Waals surface area (Å²) >= 11 is 0. The molecular formula is C24H26N4O4. The highest BCUT2D eigenvalue weighted by atomic mass is 16.5. The molecule has 3 heterocycles. The summed E-state index contributed by atoms with van der Waals surface area (Å²) in [7, 11) is 0. The maximum Gasteiger partial charge on any atom is 0.256 e. The largest absolute Gasteiger partial charge is 0.494 e. The Morgan fingerprint density at radius 1 is 1.16 bits per heavy atom. The third-order valence-corrected chi connectivity index (χ3v) is 4.88. The van der Waals surface area contributed by atoms with Crippen molar-refractivity contribution in [1.29, 1.82) is 0 Å². The number of benzene rings is 1. The van der Waals surface area contributed by atoms with E-state index in [4.69, 9.17) is 18.9 Å². The molecule has 0 bridgehead atoms. The lowest BCUT2D eigenvalue weighted by atomic mass is 10.1. The fraction of sp³-hybridized carbons (Fsp3) is 0.292. The van der Waals surface area contributed by atoms with Gasteiger partial charge in [-0.25, -0.2) is 9.67 Å². The Morgan fingerprint density at radius 3 is 2.66 bits per heavy atom. The van der Waals surface area contributed by atoms with Crippen LogP contribution in [0.4, 0.5) is 5.69 Å². The Hall–Kier alpha value is -3.81. The summed E-state index contributed by atoms with van der Waals surface area (Å²) in [5.74, 6) is 1.49. The van der Waals surface area contributed by atoms with Crippen molar-refractivity contribution in [3.05, 3.63) is 54.4 Å². The van der Waals surface area contributed by atoms with Gasteiger partial charge in [-0.2, -0.15) is 5.10 Å². The van der Waals surface area contributed by atoms with E-state index in [0.29, 0.717) is 58.5 Å². The normalized spacial score (nSPS) is 11.2. The van der Waals surface area contributed by atoms with Crippen LogP contribution >= 0.6 is 0 Å². The maximum atomic E-state index is 13.5. The predicted molar refractivity (Wildman–Crippen MR) is 122 cm³/mol. The number of ether oxygens (including phenoxy) is 2. The first-order valence-electron chi connectivity index (χ1n) is 10.6. The van der Waals surface area contributed by atoms with Crippen LogP contribution in [0.1, 0.15) is 44.1 Å². The minimum Gasteiger partial charge on any atom is -0.494 e. The molecule has 1 amide bonds. The molecule has 0 aliphatic rings. The van der Waals surface area contributed by atoms with Gasteiger partial charge in [-0.15, -0.1) is 0 Å². The van der Waals surface area contributed by atoms with E-state index in [9.17, 15) is 4.79 Å². The van der Waals surface area contributed by atoms with E-state index >= 15 is 0 Å². The van der Waals surface area contributed by atoms with Gasteiger partial charge in [-0.1, -0.05) is 0 Å². The van der Waals surface area contributed by atoms with Crippen LogP contribution in [-0.2, 0) is 0 Å².